The normalized spacial score (nSPS) is 12.3. The van der Waals surface area contributed by atoms with Gasteiger partial charge in [-0.05, 0) is 26.2 Å². The fraction of sp³-hybridized carbons (Fsp3) is 0.385. The summed E-state index contributed by atoms with van der Waals surface area (Å²) in [4.78, 5) is 16.5. The minimum atomic E-state index is -4.54. The summed E-state index contributed by atoms with van der Waals surface area (Å²) in [5.74, 6) is -1.13. The van der Waals surface area contributed by atoms with Crippen LogP contribution < -0.4 is 0 Å². The largest absolute Gasteiger partial charge is 0.481 e. The van der Waals surface area contributed by atoms with E-state index in [-0.39, 0.29) is 11.3 Å². The van der Waals surface area contributed by atoms with Gasteiger partial charge in [-0.1, -0.05) is 0 Å². The van der Waals surface area contributed by atoms with Crippen molar-refractivity contribution in [2.24, 2.45) is 0 Å². The fourth-order valence-corrected chi connectivity index (χ4v) is 2.14. The maximum atomic E-state index is 13.0. The van der Waals surface area contributed by atoms with Gasteiger partial charge in [-0.3, -0.25) is 4.79 Å². The third-order valence-corrected chi connectivity index (χ3v) is 2.92. The van der Waals surface area contributed by atoms with Crippen molar-refractivity contribution in [1.29, 1.82) is 0 Å². The molecule has 0 aliphatic rings. The number of rotatable bonds is 4. The zero-order valence-electron chi connectivity index (χ0n) is 11.5. The number of pyridine rings is 1. The highest BCUT2D eigenvalue weighted by Gasteiger charge is 2.34. The van der Waals surface area contributed by atoms with E-state index in [2.05, 4.69) is 4.98 Å². The second kappa shape index (κ2) is 5.36. The molecule has 2 aromatic heterocycles. The molecule has 0 fully saturated rings. The molecule has 0 spiro atoms. The van der Waals surface area contributed by atoms with Crippen LogP contribution in [-0.2, 0) is 23.9 Å². The van der Waals surface area contributed by atoms with Gasteiger partial charge in [0.05, 0.1) is 23.4 Å². The van der Waals surface area contributed by atoms with Crippen molar-refractivity contribution in [2.75, 3.05) is 14.1 Å². The molecule has 0 aliphatic carbocycles. The van der Waals surface area contributed by atoms with E-state index in [9.17, 15) is 18.0 Å². The molecule has 21 heavy (non-hydrogen) atoms. The summed E-state index contributed by atoms with van der Waals surface area (Å²) in [6.45, 7) is 0.297. The average molecular weight is 301 g/mol. The van der Waals surface area contributed by atoms with Crippen LogP contribution >= 0.6 is 0 Å². The Bertz CT molecular complexity index is 677. The van der Waals surface area contributed by atoms with Crippen molar-refractivity contribution in [3.8, 4) is 0 Å². The lowest BCUT2D eigenvalue weighted by Crippen LogP contribution is -2.15. The number of fused-ring (bicyclic) bond motifs is 1. The highest BCUT2D eigenvalue weighted by Crippen LogP contribution is 2.33. The van der Waals surface area contributed by atoms with Crippen LogP contribution in [0.2, 0.25) is 0 Å². The molecular weight excluding hydrogens is 287 g/mol. The van der Waals surface area contributed by atoms with E-state index in [4.69, 9.17) is 5.11 Å². The Balaban J connectivity index is 2.69. The topological polar surface area (TPSA) is 57.8 Å². The first-order valence-corrected chi connectivity index (χ1v) is 6.12. The minimum Gasteiger partial charge on any atom is -0.481 e. The summed E-state index contributed by atoms with van der Waals surface area (Å²) in [6, 6.07) is 2.22. The quantitative estimate of drug-likeness (QED) is 0.939. The van der Waals surface area contributed by atoms with Crippen LogP contribution in [0.3, 0.4) is 0 Å². The van der Waals surface area contributed by atoms with Crippen molar-refractivity contribution in [3.05, 3.63) is 35.3 Å². The smallest absolute Gasteiger partial charge is 0.419 e. The van der Waals surface area contributed by atoms with Crippen LogP contribution in [0.25, 0.3) is 5.65 Å². The Morgan fingerprint density at radius 3 is 2.62 bits per heavy atom. The van der Waals surface area contributed by atoms with E-state index in [1.807, 2.05) is 0 Å². The zero-order valence-corrected chi connectivity index (χ0v) is 11.5. The summed E-state index contributed by atoms with van der Waals surface area (Å²) in [5.41, 5.74) is -0.545. The number of aliphatic carboxylic acids is 1. The number of hydrogen-bond donors (Lipinski definition) is 1. The van der Waals surface area contributed by atoms with Crippen LogP contribution in [0.4, 0.5) is 13.2 Å². The van der Waals surface area contributed by atoms with E-state index in [0.29, 0.717) is 12.2 Å². The lowest BCUT2D eigenvalue weighted by Gasteiger charge is -2.12. The summed E-state index contributed by atoms with van der Waals surface area (Å²) < 4.78 is 40.3. The molecule has 5 nitrogen and oxygen atoms in total. The Hall–Kier alpha value is -2.09. The number of nitrogens with zero attached hydrogens (tertiary/aromatic N) is 3. The number of aromatic nitrogens is 2. The molecule has 0 aromatic carbocycles. The molecule has 8 heteroatoms. The second-order valence-electron chi connectivity index (χ2n) is 4.93. The van der Waals surface area contributed by atoms with Gasteiger partial charge in [0.1, 0.15) is 5.65 Å². The molecule has 0 atom stereocenters. The number of imidazole rings is 1. The number of hydrogen-bond acceptors (Lipinski definition) is 3. The number of halogens is 3. The molecule has 2 heterocycles. The Morgan fingerprint density at radius 1 is 1.43 bits per heavy atom. The van der Waals surface area contributed by atoms with Gasteiger partial charge in [-0.15, -0.1) is 0 Å². The van der Waals surface area contributed by atoms with Gasteiger partial charge in [0, 0.05) is 12.7 Å². The van der Waals surface area contributed by atoms with Gasteiger partial charge in [0.15, 0.2) is 0 Å². The molecule has 0 amide bonds. The highest BCUT2D eigenvalue weighted by molar-refractivity contribution is 5.70. The van der Waals surface area contributed by atoms with Crippen molar-refractivity contribution >= 4 is 11.6 Å². The third kappa shape index (κ3) is 3.15. The van der Waals surface area contributed by atoms with E-state index < -0.39 is 24.1 Å². The molecule has 0 saturated carbocycles. The van der Waals surface area contributed by atoms with E-state index in [0.717, 1.165) is 6.07 Å². The van der Waals surface area contributed by atoms with Crippen LogP contribution in [-0.4, -0.2) is 39.5 Å². The summed E-state index contributed by atoms with van der Waals surface area (Å²) >= 11 is 0. The maximum Gasteiger partial charge on any atom is 0.419 e. The van der Waals surface area contributed by atoms with Gasteiger partial charge in [0.25, 0.3) is 0 Å². The molecule has 114 valence electrons. The Kier molecular flexibility index (Phi) is 3.91. The highest BCUT2D eigenvalue weighted by atomic mass is 19.4. The predicted molar refractivity (Wildman–Crippen MR) is 68.9 cm³/mol. The van der Waals surface area contributed by atoms with Crippen molar-refractivity contribution in [1.82, 2.24) is 14.3 Å². The third-order valence-electron chi connectivity index (χ3n) is 2.92. The number of carboxylic acids is 1. The van der Waals surface area contributed by atoms with Crippen LogP contribution in [0.15, 0.2) is 18.3 Å². The van der Waals surface area contributed by atoms with E-state index in [1.54, 1.807) is 19.0 Å². The number of alkyl halides is 3. The summed E-state index contributed by atoms with van der Waals surface area (Å²) in [7, 11) is 3.50. The number of carbonyl (C=O) groups is 1. The number of carboxylic acid groups (broad SMARTS) is 1. The van der Waals surface area contributed by atoms with Gasteiger partial charge in [-0.2, -0.15) is 13.2 Å². The SMILES string of the molecule is CN(C)Cc1c(CC(=O)O)nc2c(C(F)(F)F)cccn12. The van der Waals surface area contributed by atoms with Gasteiger partial charge >= 0.3 is 12.1 Å². The molecule has 0 unspecified atom stereocenters. The van der Waals surface area contributed by atoms with Crippen molar-refractivity contribution in [3.63, 3.8) is 0 Å². The van der Waals surface area contributed by atoms with Crippen molar-refractivity contribution < 1.29 is 23.1 Å². The standard InChI is InChI=1S/C13H14F3N3O2/c1-18(2)7-10-9(6-11(20)21)17-12-8(13(14,15)16)4-3-5-19(10)12/h3-5H,6-7H2,1-2H3,(H,20,21). The van der Waals surface area contributed by atoms with Gasteiger partial charge in [0.2, 0.25) is 0 Å². The monoisotopic (exact) mass is 301 g/mol. The first kappa shape index (κ1) is 15.3. The molecule has 2 rings (SSSR count). The minimum absolute atomic E-state index is 0.146. The van der Waals surface area contributed by atoms with Crippen molar-refractivity contribution in [2.45, 2.75) is 19.1 Å². The lowest BCUT2D eigenvalue weighted by atomic mass is 10.2. The molecule has 0 bridgehead atoms. The van der Waals surface area contributed by atoms with Crippen LogP contribution in [0.5, 0.6) is 0 Å². The Labute approximate surface area is 118 Å². The molecular formula is C13H14F3N3O2. The molecule has 0 aliphatic heterocycles. The van der Waals surface area contributed by atoms with E-state index in [1.165, 1.54) is 16.7 Å². The maximum absolute atomic E-state index is 13.0. The molecule has 0 radical (unpaired) electrons. The van der Waals surface area contributed by atoms with Crippen LogP contribution in [0.1, 0.15) is 17.0 Å². The Morgan fingerprint density at radius 2 is 2.10 bits per heavy atom. The second-order valence-corrected chi connectivity index (χ2v) is 4.93. The summed E-state index contributed by atoms with van der Waals surface area (Å²) in [5, 5.41) is 8.89. The van der Waals surface area contributed by atoms with Gasteiger partial charge < -0.3 is 14.4 Å². The van der Waals surface area contributed by atoms with Gasteiger partial charge in [-0.25, -0.2) is 4.98 Å². The fourth-order valence-electron chi connectivity index (χ4n) is 2.14. The zero-order chi connectivity index (χ0) is 15.8. The predicted octanol–water partition coefficient (Wildman–Crippen LogP) is 2.04. The average Bonchev–Trinajstić information content (AvgIpc) is 2.64. The van der Waals surface area contributed by atoms with Crippen LogP contribution in [0, 0.1) is 0 Å². The van der Waals surface area contributed by atoms with E-state index >= 15 is 0 Å². The lowest BCUT2D eigenvalue weighted by molar-refractivity contribution is -0.137. The molecule has 1 N–H and O–H groups in total. The summed E-state index contributed by atoms with van der Waals surface area (Å²) in [6.07, 6.45) is -3.49. The molecule has 2 aromatic rings. The molecule has 0 saturated heterocycles. The first-order chi connectivity index (χ1) is 9.70. The first-order valence-electron chi connectivity index (χ1n) is 6.12.